The van der Waals surface area contributed by atoms with Crippen LogP contribution in [0.2, 0.25) is 0 Å². The zero-order valence-corrected chi connectivity index (χ0v) is 12.5. The van der Waals surface area contributed by atoms with E-state index in [0.29, 0.717) is 18.2 Å². The van der Waals surface area contributed by atoms with Crippen molar-refractivity contribution in [3.63, 3.8) is 0 Å². The monoisotopic (exact) mass is 301 g/mol. The maximum atomic E-state index is 13.1. The van der Waals surface area contributed by atoms with E-state index >= 15 is 0 Å². The molecule has 1 saturated heterocycles. The Labute approximate surface area is 123 Å². The fourth-order valence-electron chi connectivity index (χ4n) is 2.71. The number of hydrogen-bond donors (Lipinski definition) is 1. The molecular formula is C15H22F3N3. The molecule has 0 bridgehead atoms. The lowest BCUT2D eigenvalue weighted by Crippen LogP contribution is -2.33. The molecule has 21 heavy (non-hydrogen) atoms. The first-order chi connectivity index (χ1) is 9.91. The molecule has 0 aliphatic carbocycles. The van der Waals surface area contributed by atoms with E-state index in [9.17, 15) is 13.2 Å². The van der Waals surface area contributed by atoms with Gasteiger partial charge in [0.2, 0.25) is 0 Å². The Morgan fingerprint density at radius 1 is 1.29 bits per heavy atom. The van der Waals surface area contributed by atoms with Crippen molar-refractivity contribution in [2.45, 2.75) is 51.7 Å². The van der Waals surface area contributed by atoms with Crippen molar-refractivity contribution in [2.24, 2.45) is 0 Å². The molecule has 1 aliphatic heterocycles. The van der Waals surface area contributed by atoms with Crippen molar-refractivity contribution in [1.82, 2.24) is 4.98 Å². The summed E-state index contributed by atoms with van der Waals surface area (Å²) in [5.41, 5.74) is -0.639. The fourth-order valence-corrected chi connectivity index (χ4v) is 2.71. The smallest absolute Gasteiger partial charge is 0.370 e. The Morgan fingerprint density at radius 2 is 2.05 bits per heavy atom. The van der Waals surface area contributed by atoms with Crippen LogP contribution in [0, 0.1) is 0 Å². The Kier molecular flexibility index (Phi) is 4.96. The molecule has 0 amide bonds. The first-order valence-electron chi connectivity index (χ1n) is 7.51. The standard InChI is InChI=1S/C15H22F3N3/c1-3-19-13-9-12(15(16,17)18)10-14(20-13)21-8-6-4-5-7-11(21)2/h9-11H,3-8H2,1-2H3,(H,19,20). The number of aromatic nitrogens is 1. The number of alkyl halides is 3. The molecule has 3 nitrogen and oxygen atoms in total. The highest BCUT2D eigenvalue weighted by molar-refractivity contribution is 5.52. The van der Waals surface area contributed by atoms with Crippen LogP contribution in [0.3, 0.4) is 0 Å². The number of rotatable bonds is 3. The number of anilines is 2. The van der Waals surface area contributed by atoms with E-state index in [1.165, 1.54) is 6.07 Å². The molecule has 2 heterocycles. The van der Waals surface area contributed by atoms with Crippen molar-refractivity contribution in [2.75, 3.05) is 23.3 Å². The zero-order valence-electron chi connectivity index (χ0n) is 12.5. The van der Waals surface area contributed by atoms with E-state index in [4.69, 9.17) is 0 Å². The molecule has 2 rings (SSSR count). The van der Waals surface area contributed by atoms with Crippen LogP contribution < -0.4 is 10.2 Å². The van der Waals surface area contributed by atoms with Crippen LogP contribution >= 0.6 is 0 Å². The van der Waals surface area contributed by atoms with Gasteiger partial charge in [-0.1, -0.05) is 12.8 Å². The van der Waals surface area contributed by atoms with Gasteiger partial charge in [-0.25, -0.2) is 4.98 Å². The van der Waals surface area contributed by atoms with Gasteiger partial charge in [0, 0.05) is 19.1 Å². The van der Waals surface area contributed by atoms with Gasteiger partial charge in [0.25, 0.3) is 0 Å². The number of hydrogen-bond acceptors (Lipinski definition) is 3. The Hall–Kier alpha value is -1.46. The minimum absolute atomic E-state index is 0.220. The van der Waals surface area contributed by atoms with Gasteiger partial charge in [-0.3, -0.25) is 0 Å². The summed E-state index contributed by atoms with van der Waals surface area (Å²) in [4.78, 5) is 6.37. The summed E-state index contributed by atoms with van der Waals surface area (Å²) in [7, 11) is 0. The van der Waals surface area contributed by atoms with Crippen LogP contribution in [-0.2, 0) is 6.18 Å². The van der Waals surface area contributed by atoms with E-state index in [2.05, 4.69) is 17.2 Å². The number of pyridine rings is 1. The van der Waals surface area contributed by atoms with Crippen LogP contribution in [-0.4, -0.2) is 24.1 Å². The molecule has 0 aromatic carbocycles. The Bertz CT molecular complexity index is 474. The molecular weight excluding hydrogens is 279 g/mol. The molecule has 1 N–H and O–H groups in total. The third-order valence-electron chi connectivity index (χ3n) is 3.84. The molecule has 6 heteroatoms. The minimum atomic E-state index is -4.35. The van der Waals surface area contributed by atoms with Gasteiger partial charge >= 0.3 is 6.18 Å². The quantitative estimate of drug-likeness (QED) is 0.902. The van der Waals surface area contributed by atoms with Gasteiger partial charge in [-0.05, 0) is 38.8 Å². The molecule has 118 valence electrons. The summed E-state index contributed by atoms with van der Waals surface area (Å²) in [6.07, 6.45) is -0.110. The summed E-state index contributed by atoms with van der Waals surface area (Å²) in [5.74, 6) is 0.717. The molecule has 1 aromatic heterocycles. The van der Waals surface area contributed by atoms with Crippen molar-refractivity contribution >= 4 is 11.6 Å². The van der Waals surface area contributed by atoms with Crippen LogP contribution in [0.5, 0.6) is 0 Å². The lowest BCUT2D eigenvalue weighted by atomic mass is 10.1. The highest BCUT2D eigenvalue weighted by Gasteiger charge is 2.32. The van der Waals surface area contributed by atoms with Crippen LogP contribution in [0.1, 0.15) is 45.1 Å². The second-order valence-electron chi connectivity index (χ2n) is 5.52. The molecule has 0 saturated carbocycles. The summed E-state index contributed by atoms with van der Waals surface area (Å²) >= 11 is 0. The third kappa shape index (κ3) is 4.02. The maximum absolute atomic E-state index is 13.1. The van der Waals surface area contributed by atoms with Gasteiger partial charge < -0.3 is 10.2 Å². The lowest BCUT2D eigenvalue weighted by Gasteiger charge is -2.29. The molecule has 0 spiro atoms. The first-order valence-corrected chi connectivity index (χ1v) is 7.51. The predicted molar refractivity (Wildman–Crippen MR) is 78.7 cm³/mol. The second-order valence-corrected chi connectivity index (χ2v) is 5.52. The third-order valence-corrected chi connectivity index (χ3v) is 3.84. The normalized spacial score (nSPS) is 20.2. The van der Waals surface area contributed by atoms with Crippen molar-refractivity contribution < 1.29 is 13.2 Å². The van der Waals surface area contributed by atoms with Crippen molar-refractivity contribution in [3.8, 4) is 0 Å². The minimum Gasteiger partial charge on any atom is -0.370 e. The molecule has 1 fully saturated rings. The zero-order chi connectivity index (χ0) is 15.5. The van der Waals surface area contributed by atoms with Crippen molar-refractivity contribution in [1.29, 1.82) is 0 Å². The molecule has 1 aliphatic rings. The van der Waals surface area contributed by atoms with E-state index in [1.54, 1.807) is 0 Å². The van der Waals surface area contributed by atoms with Crippen LogP contribution in [0.25, 0.3) is 0 Å². The Balaban J connectivity index is 2.38. The summed E-state index contributed by atoms with van der Waals surface area (Å²) < 4.78 is 39.2. The van der Waals surface area contributed by atoms with E-state index in [1.807, 2.05) is 11.8 Å². The molecule has 1 aromatic rings. The maximum Gasteiger partial charge on any atom is 0.416 e. The van der Waals surface area contributed by atoms with Gasteiger partial charge in [0.1, 0.15) is 11.6 Å². The fraction of sp³-hybridized carbons (Fsp3) is 0.667. The van der Waals surface area contributed by atoms with Crippen molar-refractivity contribution in [3.05, 3.63) is 17.7 Å². The van der Waals surface area contributed by atoms with E-state index < -0.39 is 11.7 Å². The van der Waals surface area contributed by atoms with Gasteiger partial charge in [-0.2, -0.15) is 13.2 Å². The predicted octanol–water partition coefficient (Wildman–Crippen LogP) is 4.30. The van der Waals surface area contributed by atoms with Crippen LogP contribution in [0.4, 0.5) is 24.8 Å². The van der Waals surface area contributed by atoms with E-state index in [0.717, 1.165) is 38.3 Å². The second kappa shape index (κ2) is 6.54. The lowest BCUT2D eigenvalue weighted by molar-refractivity contribution is -0.137. The van der Waals surface area contributed by atoms with Gasteiger partial charge in [-0.15, -0.1) is 0 Å². The van der Waals surface area contributed by atoms with E-state index in [-0.39, 0.29) is 6.04 Å². The summed E-state index contributed by atoms with van der Waals surface area (Å²) in [6, 6.07) is 2.47. The highest BCUT2D eigenvalue weighted by Crippen LogP contribution is 2.34. The van der Waals surface area contributed by atoms with Crippen LogP contribution in [0.15, 0.2) is 12.1 Å². The molecule has 1 atom stereocenters. The largest absolute Gasteiger partial charge is 0.416 e. The Morgan fingerprint density at radius 3 is 2.71 bits per heavy atom. The summed E-state index contributed by atoms with van der Waals surface area (Å²) in [6.45, 7) is 5.21. The molecule has 0 radical (unpaired) electrons. The first kappa shape index (κ1) is 15.9. The summed E-state index contributed by atoms with van der Waals surface area (Å²) in [5, 5.41) is 2.89. The highest BCUT2D eigenvalue weighted by atomic mass is 19.4. The number of nitrogens with one attached hydrogen (secondary N) is 1. The number of halogens is 3. The average Bonchev–Trinajstić information content (AvgIpc) is 2.62. The SMILES string of the molecule is CCNc1cc(C(F)(F)F)cc(N2CCCCCC2C)n1. The topological polar surface area (TPSA) is 28.2 Å². The average molecular weight is 301 g/mol. The van der Waals surface area contributed by atoms with Gasteiger partial charge in [0.05, 0.1) is 5.56 Å². The molecule has 1 unspecified atom stereocenters. The number of nitrogens with zero attached hydrogens (tertiary/aromatic N) is 2. The van der Waals surface area contributed by atoms with Gasteiger partial charge in [0.15, 0.2) is 0 Å².